The first-order valence-corrected chi connectivity index (χ1v) is 5.12. The molecular weight excluding hydrogens is 236 g/mol. The molecule has 60 valence electrons. The number of thiophene rings is 1. The number of hydrogen-bond acceptors (Lipinski definition) is 2. The largest absolute Gasteiger partial charge is 0.281 e. The third-order valence-electron chi connectivity index (χ3n) is 1.69. The molecule has 3 heteroatoms. The number of fused-ring (bicyclic) bond motifs is 1. The Morgan fingerprint density at radius 2 is 2.08 bits per heavy atom. The molecular formula is C9H5BrOS. The van der Waals surface area contributed by atoms with Crippen molar-refractivity contribution in [2.45, 2.75) is 0 Å². The van der Waals surface area contributed by atoms with Crippen molar-refractivity contribution >= 4 is 42.0 Å². The molecule has 0 amide bonds. The molecule has 1 nitrogen and oxygen atoms in total. The molecule has 0 aliphatic carbocycles. The van der Waals surface area contributed by atoms with Gasteiger partial charge in [-0.1, -0.05) is 18.2 Å². The molecule has 0 radical (unpaired) electrons. The van der Waals surface area contributed by atoms with Gasteiger partial charge in [-0.25, -0.2) is 0 Å². The van der Waals surface area contributed by atoms with Crippen LogP contribution in [-0.2, 0) is 0 Å². The Labute approximate surface area is 82.1 Å². The average Bonchev–Trinajstić information content (AvgIpc) is 2.47. The Bertz CT molecular complexity index is 433. The minimum absolute atomic E-state index is 0.0417. The third-order valence-corrected chi connectivity index (χ3v) is 3.08. The summed E-state index contributed by atoms with van der Waals surface area (Å²) in [5.74, 6) is 0. The first-order valence-electron chi connectivity index (χ1n) is 3.45. The topological polar surface area (TPSA) is 17.1 Å². The van der Waals surface area contributed by atoms with Gasteiger partial charge in [0.25, 0.3) is 0 Å². The number of carbonyl (C=O) groups excluding carboxylic acids is 1. The van der Waals surface area contributed by atoms with Gasteiger partial charge in [-0.15, -0.1) is 11.3 Å². The van der Waals surface area contributed by atoms with E-state index in [1.54, 1.807) is 11.3 Å². The van der Waals surface area contributed by atoms with Crippen LogP contribution < -0.4 is 0 Å². The monoisotopic (exact) mass is 240 g/mol. The van der Waals surface area contributed by atoms with Crippen molar-refractivity contribution < 1.29 is 4.79 Å². The van der Waals surface area contributed by atoms with Crippen LogP contribution in [0.2, 0.25) is 0 Å². The SMILES string of the molecule is O=C(Br)c1csc2ccccc12. The van der Waals surface area contributed by atoms with Crippen LogP contribution in [0.15, 0.2) is 29.6 Å². The van der Waals surface area contributed by atoms with Gasteiger partial charge < -0.3 is 0 Å². The first-order chi connectivity index (χ1) is 5.79. The lowest BCUT2D eigenvalue weighted by molar-refractivity contribution is 0.109. The summed E-state index contributed by atoms with van der Waals surface area (Å²) in [7, 11) is 0. The zero-order valence-electron chi connectivity index (χ0n) is 6.08. The molecule has 0 saturated carbocycles. The molecule has 0 saturated heterocycles. The maximum absolute atomic E-state index is 11.0. The van der Waals surface area contributed by atoms with E-state index in [0.717, 1.165) is 15.6 Å². The molecule has 0 bridgehead atoms. The van der Waals surface area contributed by atoms with Gasteiger partial charge in [-0.3, -0.25) is 4.79 Å². The molecule has 0 aliphatic heterocycles. The molecule has 0 N–H and O–H groups in total. The van der Waals surface area contributed by atoms with Crippen LogP contribution in [0.4, 0.5) is 0 Å². The fraction of sp³-hybridized carbons (Fsp3) is 0. The Hall–Kier alpha value is -0.670. The minimum atomic E-state index is -0.0417. The molecule has 12 heavy (non-hydrogen) atoms. The van der Waals surface area contributed by atoms with Gasteiger partial charge >= 0.3 is 0 Å². The highest BCUT2D eigenvalue weighted by atomic mass is 79.9. The summed E-state index contributed by atoms with van der Waals surface area (Å²) in [6, 6.07) is 7.88. The van der Waals surface area contributed by atoms with Crippen molar-refractivity contribution in [2.75, 3.05) is 0 Å². The third kappa shape index (κ3) is 1.19. The summed E-state index contributed by atoms with van der Waals surface area (Å²) in [6.45, 7) is 0. The summed E-state index contributed by atoms with van der Waals surface area (Å²) >= 11 is 4.54. The molecule has 2 aromatic rings. The molecule has 0 aliphatic rings. The maximum atomic E-state index is 11.0. The van der Waals surface area contributed by atoms with Gasteiger partial charge in [0.05, 0.1) is 0 Å². The van der Waals surface area contributed by atoms with Crippen molar-refractivity contribution in [3.63, 3.8) is 0 Å². The summed E-state index contributed by atoms with van der Waals surface area (Å²) in [6.07, 6.45) is 0. The van der Waals surface area contributed by atoms with Crippen molar-refractivity contribution in [3.8, 4) is 0 Å². The average molecular weight is 241 g/mol. The van der Waals surface area contributed by atoms with Gasteiger partial charge in [-0.2, -0.15) is 0 Å². The van der Waals surface area contributed by atoms with Crippen molar-refractivity contribution in [1.82, 2.24) is 0 Å². The van der Waals surface area contributed by atoms with E-state index in [1.807, 2.05) is 29.6 Å². The second kappa shape index (κ2) is 2.99. The summed E-state index contributed by atoms with van der Waals surface area (Å²) in [5.41, 5.74) is 0.760. The van der Waals surface area contributed by atoms with Gasteiger partial charge in [0, 0.05) is 21.0 Å². The molecule has 1 heterocycles. The van der Waals surface area contributed by atoms with Crippen molar-refractivity contribution in [1.29, 1.82) is 0 Å². The van der Waals surface area contributed by atoms with E-state index in [1.165, 1.54) is 0 Å². The maximum Gasteiger partial charge on any atom is 0.229 e. The highest BCUT2D eigenvalue weighted by Crippen LogP contribution is 2.26. The highest BCUT2D eigenvalue weighted by Gasteiger charge is 2.07. The van der Waals surface area contributed by atoms with Crippen LogP contribution in [0.3, 0.4) is 0 Å². The number of halogens is 1. The van der Waals surface area contributed by atoms with Gasteiger partial charge in [-0.05, 0) is 22.0 Å². The smallest absolute Gasteiger partial charge is 0.229 e. The molecule has 0 unspecified atom stereocenters. The minimum Gasteiger partial charge on any atom is -0.281 e. The van der Waals surface area contributed by atoms with E-state index in [-0.39, 0.29) is 4.69 Å². The van der Waals surface area contributed by atoms with Crippen LogP contribution in [0.25, 0.3) is 10.1 Å². The summed E-state index contributed by atoms with van der Waals surface area (Å²) in [4.78, 5) is 11.0. The first kappa shape index (κ1) is 7.95. The molecule has 1 aromatic carbocycles. The van der Waals surface area contributed by atoms with E-state index < -0.39 is 0 Å². The van der Waals surface area contributed by atoms with Crippen LogP contribution in [0, 0.1) is 0 Å². The van der Waals surface area contributed by atoms with Crippen molar-refractivity contribution in [2.24, 2.45) is 0 Å². The van der Waals surface area contributed by atoms with Crippen LogP contribution in [0.1, 0.15) is 10.4 Å². The molecule has 0 spiro atoms. The quantitative estimate of drug-likeness (QED) is 0.699. The van der Waals surface area contributed by atoms with Crippen LogP contribution >= 0.6 is 27.3 Å². The second-order valence-electron chi connectivity index (χ2n) is 2.42. The Morgan fingerprint density at radius 1 is 1.33 bits per heavy atom. The number of carbonyl (C=O) groups is 1. The standard InChI is InChI=1S/C9H5BrOS/c10-9(11)7-5-12-8-4-2-1-3-6(7)8/h1-5H. The normalized spacial score (nSPS) is 10.4. The predicted octanol–water partition coefficient (Wildman–Crippen LogP) is 3.44. The Morgan fingerprint density at radius 3 is 2.83 bits per heavy atom. The van der Waals surface area contributed by atoms with Crippen LogP contribution in [-0.4, -0.2) is 4.69 Å². The lowest BCUT2D eigenvalue weighted by Gasteiger charge is -1.89. The fourth-order valence-electron chi connectivity index (χ4n) is 1.13. The van der Waals surface area contributed by atoms with E-state index >= 15 is 0 Å². The lowest BCUT2D eigenvalue weighted by atomic mass is 10.2. The van der Waals surface area contributed by atoms with Gasteiger partial charge in [0.1, 0.15) is 0 Å². The highest BCUT2D eigenvalue weighted by molar-refractivity contribution is 9.18. The van der Waals surface area contributed by atoms with E-state index in [4.69, 9.17) is 0 Å². The lowest BCUT2D eigenvalue weighted by Crippen LogP contribution is -1.82. The number of rotatable bonds is 1. The Kier molecular flexibility index (Phi) is 1.98. The zero-order valence-corrected chi connectivity index (χ0v) is 8.48. The molecule has 2 rings (SSSR count). The van der Waals surface area contributed by atoms with Crippen LogP contribution in [0.5, 0.6) is 0 Å². The molecule has 0 atom stereocenters. The fourth-order valence-corrected chi connectivity index (χ4v) is 2.55. The number of benzene rings is 1. The number of hydrogen-bond donors (Lipinski definition) is 0. The second-order valence-corrected chi connectivity index (χ2v) is 4.05. The Balaban J connectivity index is 2.79. The van der Waals surface area contributed by atoms with E-state index in [0.29, 0.717) is 0 Å². The molecule has 1 aromatic heterocycles. The van der Waals surface area contributed by atoms with Gasteiger partial charge in [0.2, 0.25) is 4.69 Å². The van der Waals surface area contributed by atoms with E-state index in [9.17, 15) is 4.79 Å². The van der Waals surface area contributed by atoms with E-state index in [2.05, 4.69) is 15.9 Å². The molecule has 0 fully saturated rings. The summed E-state index contributed by atoms with van der Waals surface area (Å²) < 4.78 is 1.11. The van der Waals surface area contributed by atoms with Gasteiger partial charge in [0.15, 0.2) is 0 Å². The van der Waals surface area contributed by atoms with Crippen molar-refractivity contribution in [3.05, 3.63) is 35.2 Å². The zero-order chi connectivity index (χ0) is 8.55. The summed E-state index contributed by atoms with van der Waals surface area (Å²) in [5, 5.41) is 2.91. The predicted molar refractivity (Wildman–Crippen MR) is 55.1 cm³/mol.